The molecular formula is C22H24N4O2. The van der Waals surface area contributed by atoms with Gasteiger partial charge in [0.1, 0.15) is 6.61 Å². The first-order valence-electron chi connectivity index (χ1n) is 9.04. The zero-order valence-electron chi connectivity index (χ0n) is 16.1. The standard InChI is InChI=1S/C22H24N4O2/c1-26(2)20-10-6-9-18(13-20)14-24-22(27)25-19-11-12-21(23-15-19)28-16-17-7-4-3-5-8-17/h3-13,15H,14,16H2,1-2H3,(H2,24,25,27). The maximum Gasteiger partial charge on any atom is 0.319 e. The quantitative estimate of drug-likeness (QED) is 0.653. The molecule has 0 unspecified atom stereocenters. The Morgan fingerprint density at radius 1 is 1.00 bits per heavy atom. The van der Waals surface area contributed by atoms with Crippen LogP contribution in [0.25, 0.3) is 0 Å². The molecule has 0 saturated heterocycles. The molecule has 0 radical (unpaired) electrons. The maximum absolute atomic E-state index is 12.1. The summed E-state index contributed by atoms with van der Waals surface area (Å²) in [6, 6.07) is 21.1. The predicted molar refractivity (Wildman–Crippen MR) is 112 cm³/mol. The number of carbonyl (C=O) groups is 1. The number of anilines is 2. The number of carbonyl (C=O) groups excluding carboxylic acids is 1. The molecule has 0 aliphatic heterocycles. The van der Waals surface area contributed by atoms with E-state index >= 15 is 0 Å². The minimum Gasteiger partial charge on any atom is -0.473 e. The largest absolute Gasteiger partial charge is 0.473 e. The van der Waals surface area contributed by atoms with Gasteiger partial charge in [-0.15, -0.1) is 0 Å². The Morgan fingerprint density at radius 3 is 2.50 bits per heavy atom. The molecule has 0 aliphatic rings. The van der Waals surface area contributed by atoms with Crippen molar-refractivity contribution < 1.29 is 9.53 Å². The van der Waals surface area contributed by atoms with Crippen molar-refractivity contribution >= 4 is 17.4 Å². The molecule has 0 aliphatic carbocycles. The van der Waals surface area contributed by atoms with Crippen molar-refractivity contribution in [2.75, 3.05) is 24.3 Å². The number of benzene rings is 2. The van der Waals surface area contributed by atoms with Crippen molar-refractivity contribution in [3.63, 3.8) is 0 Å². The lowest BCUT2D eigenvalue weighted by atomic mass is 10.2. The number of hydrogen-bond donors (Lipinski definition) is 2. The molecule has 1 heterocycles. The summed E-state index contributed by atoms with van der Waals surface area (Å²) < 4.78 is 5.64. The van der Waals surface area contributed by atoms with Gasteiger partial charge in [-0.3, -0.25) is 0 Å². The summed E-state index contributed by atoms with van der Waals surface area (Å²) in [5.41, 5.74) is 3.80. The molecule has 2 N–H and O–H groups in total. The third kappa shape index (κ3) is 5.74. The molecular weight excluding hydrogens is 352 g/mol. The highest BCUT2D eigenvalue weighted by Crippen LogP contribution is 2.14. The van der Waals surface area contributed by atoms with Crippen LogP contribution in [0.1, 0.15) is 11.1 Å². The van der Waals surface area contributed by atoms with Gasteiger partial charge >= 0.3 is 6.03 Å². The molecule has 3 rings (SSSR count). The zero-order valence-corrected chi connectivity index (χ0v) is 16.1. The van der Waals surface area contributed by atoms with Crippen LogP contribution in [0.4, 0.5) is 16.2 Å². The number of urea groups is 1. The van der Waals surface area contributed by atoms with Crippen molar-refractivity contribution in [3.05, 3.63) is 84.1 Å². The third-order valence-electron chi connectivity index (χ3n) is 4.10. The molecule has 0 bridgehead atoms. The predicted octanol–water partition coefficient (Wildman–Crippen LogP) is 4.05. The van der Waals surface area contributed by atoms with Crippen LogP contribution < -0.4 is 20.3 Å². The highest BCUT2D eigenvalue weighted by molar-refractivity contribution is 5.89. The third-order valence-corrected chi connectivity index (χ3v) is 4.10. The van der Waals surface area contributed by atoms with E-state index in [2.05, 4.69) is 15.6 Å². The van der Waals surface area contributed by atoms with E-state index in [1.54, 1.807) is 18.3 Å². The second kappa shape index (κ2) is 9.41. The first-order valence-corrected chi connectivity index (χ1v) is 9.04. The summed E-state index contributed by atoms with van der Waals surface area (Å²) in [5, 5.41) is 5.62. The first kappa shape index (κ1) is 19.2. The molecule has 28 heavy (non-hydrogen) atoms. The van der Waals surface area contributed by atoms with Gasteiger partial charge in [0, 0.05) is 32.4 Å². The van der Waals surface area contributed by atoms with Gasteiger partial charge in [-0.05, 0) is 29.3 Å². The van der Waals surface area contributed by atoms with E-state index in [-0.39, 0.29) is 6.03 Å². The Kier molecular flexibility index (Phi) is 6.46. The van der Waals surface area contributed by atoms with E-state index in [0.29, 0.717) is 24.7 Å². The Morgan fingerprint density at radius 2 is 1.79 bits per heavy atom. The van der Waals surface area contributed by atoms with E-state index in [1.165, 1.54) is 0 Å². The molecule has 144 valence electrons. The summed E-state index contributed by atoms with van der Waals surface area (Å²) in [5.74, 6) is 0.510. The maximum atomic E-state index is 12.1. The summed E-state index contributed by atoms with van der Waals surface area (Å²) in [6.07, 6.45) is 1.58. The number of aromatic nitrogens is 1. The van der Waals surface area contributed by atoms with Crippen LogP contribution in [0, 0.1) is 0 Å². The number of nitrogens with zero attached hydrogens (tertiary/aromatic N) is 2. The molecule has 6 heteroatoms. The molecule has 0 saturated carbocycles. The van der Waals surface area contributed by atoms with Crippen molar-refractivity contribution in [3.8, 4) is 5.88 Å². The fourth-order valence-electron chi connectivity index (χ4n) is 2.57. The molecule has 2 aromatic carbocycles. The second-order valence-corrected chi connectivity index (χ2v) is 6.53. The lowest BCUT2D eigenvalue weighted by molar-refractivity contribution is 0.251. The number of nitrogens with one attached hydrogen (secondary N) is 2. The highest BCUT2D eigenvalue weighted by atomic mass is 16.5. The Balaban J connectivity index is 1.47. The lowest BCUT2D eigenvalue weighted by Crippen LogP contribution is -2.28. The van der Waals surface area contributed by atoms with Crippen LogP contribution in [-0.2, 0) is 13.2 Å². The molecule has 1 aromatic heterocycles. The average molecular weight is 376 g/mol. The summed E-state index contributed by atoms with van der Waals surface area (Å²) in [7, 11) is 3.97. The van der Waals surface area contributed by atoms with Gasteiger partial charge in [-0.2, -0.15) is 0 Å². The number of pyridine rings is 1. The SMILES string of the molecule is CN(C)c1cccc(CNC(=O)Nc2ccc(OCc3ccccc3)nc2)c1. The van der Waals surface area contributed by atoms with Gasteiger partial charge < -0.3 is 20.3 Å². The Hall–Kier alpha value is -3.54. The van der Waals surface area contributed by atoms with Gasteiger partial charge in [0.15, 0.2) is 0 Å². The monoisotopic (exact) mass is 376 g/mol. The fraction of sp³-hybridized carbons (Fsp3) is 0.182. The van der Waals surface area contributed by atoms with E-state index in [4.69, 9.17) is 4.74 Å². The Labute approximate surface area is 165 Å². The summed E-state index contributed by atoms with van der Waals surface area (Å²) >= 11 is 0. The van der Waals surface area contributed by atoms with Crippen molar-refractivity contribution in [2.45, 2.75) is 13.2 Å². The van der Waals surface area contributed by atoms with E-state index in [9.17, 15) is 4.79 Å². The fourth-order valence-corrected chi connectivity index (χ4v) is 2.57. The molecule has 0 fully saturated rings. The van der Waals surface area contributed by atoms with Crippen molar-refractivity contribution in [1.82, 2.24) is 10.3 Å². The van der Waals surface area contributed by atoms with Crippen LogP contribution in [-0.4, -0.2) is 25.1 Å². The van der Waals surface area contributed by atoms with E-state index in [0.717, 1.165) is 16.8 Å². The van der Waals surface area contributed by atoms with Crippen LogP contribution in [0.5, 0.6) is 5.88 Å². The zero-order chi connectivity index (χ0) is 19.8. The number of hydrogen-bond acceptors (Lipinski definition) is 4. The highest BCUT2D eigenvalue weighted by Gasteiger charge is 2.04. The number of rotatable bonds is 7. The number of amides is 2. The van der Waals surface area contributed by atoms with Gasteiger partial charge in [0.05, 0.1) is 11.9 Å². The van der Waals surface area contributed by atoms with Crippen LogP contribution >= 0.6 is 0 Å². The van der Waals surface area contributed by atoms with Crippen LogP contribution in [0.2, 0.25) is 0 Å². The lowest BCUT2D eigenvalue weighted by Gasteiger charge is -2.14. The van der Waals surface area contributed by atoms with Gasteiger partial charge in [0.25, 0.3) is 0 Å². The minimum absolute atomic E-state index is 0.282. The van der Waals surface area contributed by atoms with Crippen LogP contribution in [0.3, 0.4) is 0 Å². The Bertz CT molecular complexity index is 896. The van der Waals surface area contributed by atoms with Crippen molar-refractivity contribution in [1.29, 1.82) is 0 Å². The van der Waals surface area contributed by atoms with Crippen LogP contribution in [0.15, 0.2) is 72.9 Å². The van der Waals surface area contributed by atoms with Gasteiger partial charge in [-0.1, -0.05) is 42.5 Å². The van der Waals surface area contributed by atoms with Crippen molar-refractivity contribution in [2.24, 2.45) is 0 Å². The normalized spacial score (nSPS) is 10.2. The van der Waals surface area contributed by atoms with E-state index < -0.39 is 0 Å². The summed E-state index contributed by atoms with van der Waals surface area (Å²) in [4.78, 5) is 18.4. The minimum atomic E-state index is -0.282. The van der Waals surface area contributed by atoms with E-state index in [1.807, 2.05) is 73.6 Å². The summed E-state index contributed by atoms with van der Waals surface area (Å²) in [6.45, 7) is 0.895. The van der Waals surface area contributed by atoms with Gasteiger partial charge in [0.2, 0.25) is 5.88 Å². The second-order valence-electron chi connectivity index (χ2n) is 6.53. The van der Waals surface area contributed by atoms with Gasteiger partial charge in [-0.25, -0.2) is 9.78 Å². The molecule has 3 aromatic rings. The smallest absolute Gasteiger partial charge is 0.319 e. The number of ether oxygens (including phenoxy) is 1. The topological polar surface area (TPSA) is 66.5 Å². The molecule has 2 amide bonds. The molecule has 6 nitrogen and oxygen atoms in total. The first-order chi connectivity index (χ1) is 13.6. The average Bonchev–Trinajstić information content (AvgIpc) is 2.73. The molecule has 0 atom stereocenters. The molecule has 0 spiro atoms.